The maximum Gasteiger partial charge on any atom is 0.317 e. The summed E-state index contributed by atoms with van der Waals surface area (Å²) in [5, 5.41) is 2.04. The number of carbonyl (C=O) groups is 1. The van der Waals surface area contributed by atoms with Gasteiger partial charge in [-0.3, -0.25) is 0 Å². The van der Waals surface area contributed by atoms with Crippen LogP contribution >= 0.6 is 0 Å². The number of hydrogen-bond acceptors (Lipinski definition) is 4. The summed E-state index contributed by atoms with van der Waals surface area (Å²) >= 11 is 0. The molecule has 1 fully saturated rings. The van der Waals surface area contributed by atoms with Gasteiger partial charge in [-0.1, -0.05) is 0 Å². The predicted octanol–water partition coefficient (Wildman–Crippen LogP) is 1.17. The first-order valence-corrected chi connectivity index (χ1v) is 9.02. The van der Waals surface area contributed by atoms with Crippen molar-refractivity contribution < 1.29 is 26.7 Å². The molecule has 1 aliphatic rings. The van der Waals surface area contributed by atoms with Crippen LogP contribution in [-0.4, -0.2) is 57.1 Å². The fourth-order valence-electron chi connectivity index (χ4n) is 2.29. The van der Waals surface area contributed by atoms with E-state index in [1.807, 2.05) is 0 Å². The Morgan fingerprint density at radius 3 is 2.78 bits per heavy atom. The van der Waals surface area contributed by atoms with Crippen LogP contribution in [-0.2, 0) is 9.84 Å². The van der Waals surface area contributed by atoms with Gasteiger partial charge in [-0.2, -0.15) is 0 Å². The maximum atomic E-state index is 13.3. The molecular weight excluding hydrogens is 330 g/mol. The van der Waals surface area contributed by atoms with Crippen LogP contribution < -0.4 is 10.1 Å². The van der Waals surface area contributed by atoms with Gasteiger partial charge >= 0.3 is 6.03 Å². The van der Waals surface area contributed by atoms with Gasteiger partial charge in [-0.25, -0.2) is 22.0 Å². The Morgan fingerprint density at radius 1 is 1.43 bits per heavy atom. The van der Waals surface area contributed by atoms with Crippen molar-refractivity contribution in [2.24, 2.45) is 0 Å². The second-order valence-electron chi connectivity index (χ2n) is 5.34. The van der Waals surface area contributed by atoms with Gasteiger partial charge in [0.2, 0.25) is 0 Å². The number of benzene rings is 1. The molecule has 6 nitrogen and oxygen atoms in total. The van der Waals surface area contributed by atoms with Gasteiger partial charge in [0.1, 0.15) is 12.4 Å². The van der Waals surface area contributed by atoms with Crippen LogP contribution in [0.3, 0.4) is 0 Å². The number of likely N-dealkylation sites (tertiary alicyclic amines) is 1. The molecule has 1 aromatic carbocycles. The maximum absolute atomic E-state index is 13.3. The number of rotatable bonds is 5. The highest BCUT2D eigenvalue weighted by atomic mass is 32.2. The van der Waals surface area contributed by atoms with E-state index in [4.69, 9.17) is 4.74 Å². The molecule has 2 rings (SSSR count). The van der Waals surface area contributed by atoms with Crippen LogP contribution in [0.25, 0.3) is 0 Å². The summed E-state index contributed by atoms with van der Waals surface area (Å²) in [6, 6.07) is 2.57. The predicted molar refractivity (Wildman–Crippen MR) is 80.1 cm³/mol. The van der Waals surface area contributed by atoms with E-state index in [2.05, 4.69) is 5.32 Å². The van der Waals surface area contributed by atoms with Crippen molar-refractivity contribution in [2.75, 3.05) is 32.5 Å². The molecule has 0 unspecified atom stereocenters. The molecule has 0 spiro atoms. The van der Waals surface area contributed by atoms with E-state index >= 15 is 0 Å². The minimum absolute atomic E-state index is 0.0115. The highest BCUT2D eigenvalue weighted by Crippen LogP contribution is 2.17. The number of nitrogens with one attached hydrogen (secondary N) is 1. The molecule has 23 heavy (non-hydrogen) atoms. The van der Waals surface area contributed by atoms with Crippen LogP contribution in [0.15, 0.2) is 18.2 Å². The summed E-state index contributed by atoms with van der Waals surface area (Å²) in [5.74, 6) is -1.61. The average Bonchev–Trinajstić information content (AvgIpc) is 2.95. The quantitative estimate of drug-likeness (QED) is 0.811. The van der Waals surface area contributed by atoms with Crippen molar-refractivity contribution in [3.05, 3.63) is 29.8 Å². The SMILES string of the molecule is CS(=O)(=O)[C@@H]1CCN(C(=O)NCCOc2ccc(F)cc2F)C1. The van der Waals surface area contributed by atoms with E-state index in [1.54, 1.807) is 0 Å². The normalized spacial score (nSPS) is 18.0. The van der Waals surface area contributed by atoms with E-state index in [0.29, 0.717) is 19.0 Å². The third kappa shape index (κ3) is 4.78. The Morgan fingerprint density at radius 2 is 2.17 bits per heavy atom. The molecule has 1 aliphatic heterocycles. The number of hydrogen-bond donors (Lipinski definition) is 1. The molecule has 0 saturated carbocycles. The summed E-state index contributed by atoms with van der Waals surface area (Å²) in [7, 11) is -3.16. The van der Waals surface area contributed by atoms with Crippen LogP contribution in [0.5, 0.6) is 5.75 Å². The fraction of sp³-hybridized carbons (Fsp3) is 0.500. The average molecular weight is 348 g/mol. The summed E-state index contributed by atoms with van der Waals surface area (Å²) in [6.07, 6.45) is 1.58. The van der Waals surface area contributed by atoms with E-state index in [1.165, 1.54) is 11.0 Å². The Bertz CT molecular complexity index is 681. The van der Waals surface area contributed by atoms with Gasteiger partial charge in [0.25, 0.3) is 0 Å². The highest BCUT2D eigenvalue weighted by Gasteiger charge is 2.32. The third-order valence-corrected chi connectivity index (χ3v) is 5.16. The van der Waals surface area contributed by atoms with Gasteiger partial charge in [0, 0.05) is 25.4 Å². The standard InChI is InChI=1S/C14H18F2N2O4S/c1-23(20,21)11-4-6-18(9-11)14(19)17-5-7-22-13-3-2-10(15)8-12(13)16/h2-3,8,11H,4-7,9H2,1H3,(H,17,19)/t11-/m1/s1. The molecule has 0 bridgehead atoms. The van der Waals surface area contributed by atoms with Gasteiger partial charge in [0.15, 0.2) is 21.4 Å². The first kappa shape index (κ1) is 17.5. The molecule has 1 aromatic rings. The fourth-order valence-corrected chi connectivity index (χ4v) is 3.27. The molecule has 1 saturated heterocycles. The van der Waals surface area contributed by atoms with Crippen molar-refractivity contribution in [3.63, 3.8) is 0 Å². The van der Waals surface area contributed by atoms with Gasteiger partial charge in [-0.05, 0) is 18.6 Å². The van der Waals surface area contributed by atoms with E-state index in [-0.39, 0.29) is 31.5 Å². The lowest BCUT2D eigenvalue weighted by Gasteiger charge is -2.17. The lowest BCUT2D eigenvalue weighted by atomic mass is 10.3. The zero-order valence-electron chi connectivity index (χ0n) is 12.6. The Kier molecular flexibility index (Phi) is 5.40. The number of urea groups is 1. The van der Waals surface area contributed by atoms with E-state index in [0.717, 1.165) is 12.3 Å². The number of nitrogens with zero attached hydrogens (tertiary/aromatic N) is 1. The number of ether oxygens (including phenoxy) is 1. The van der Waals surface area contributed by atoms with Crippen LogP contribution in [0.1, 0.15) is 6.42 Å². The molecule has 1 N–H and O–H groups in total. The van der Waals surface area contributed by atoms with Crippen molar-refractivity contribution in [3.8, 4) is 5.75 Å². The van der Waals surface area contributed by atoms with Gasteiger partial charge in [0.05, 0.1) is 11.8 Å². The van der Waals surface area contributed by atoms with Crippen LogP contribution in [0.2, 0.25) is 0 Å². The molecular formula is C14H18F2N2O4S. The summed E-state index contributed by atoms with van der Waals surface area (Å²) in [5.41, 5.74) is 0. The monoisotopic (exact) mass is 348 g/mol. The molecule has 0 aliphatic carbocycles. The summed E-state index contributed by atoms with van der Waals surface area (Å²) in [4.78, 5) is 13.3. The third-order valence-electron chi connectivity index (χ3n) is 3.57. The minimum Gasteiger partial charge on any atom is -0.489 e. The second-order valence-corrected chi connectivity index (χ2v) is 7.67. The minimum atomic E-state index is -3.16. The smallest absolute Gasteiger partial charge is 0.317 e. The van der Waals surface area contributed by atoms with Crippen molar-refractivity contribution in [1.29, 1.82) is 0 Å². The number of amides is 2. The van der Waals surface area contributed by atoms with Crippen molar-refractivity contribution >= 4 is 15.9 Å². The number of sulfone groups is 1. The number of halogens is 2. The van der Waals surface area contributed by atoms with Gasteiger partial charge < -0.3 is 15.0 Å². The largest absolute Gasteiger partial charge is 0.489 e. The molecule has 2 amide bonds. The highest BCUT2D eigenvalue weighted by molar-refractivity contribution is 7.91. The molecule has 128 valence electrons. The van der Waals surface area contributed by atoms with Crippen LogP contribution in [0.4, 0.5) is 13.6 Å². The summed E-state index contributed by atoms with van der Waals surface area (Å²) < 4.78 is 54.0. The molecule has 0 radical (unpaired) electrons. The number of carbonyl (C=O) groups excluding carboxylic acids is 1. The lowest BCUT2D eigenvalue weighted by molar-refractivity contribution is 0.205. The first-order valence-electron chi connectivity index (χ1n) is 7.07. The van der Waals surface area contributed by atoms with Crippen LogP contribution in [0, 0.1) is 11.6 Å². The Labute approximate surface area is 133 Å². The lowest BCUT2D eigenvalue weighted by Crippen LogP contribution is -2.41. The zero-order chi connectivity index (χ0) is 17.0. The first-order chi connectivity index (χ1) is 10.8. The Balaban J connectivity index is 1.73. The Hall–Kier alpha value is -1.90. The molecule has 1 atom stereocenters. The second kappa shape index (κ2) is 7.12. The topological polar surface area (TPSA) is 75.7 Å². The van der Waals surface area contributed by atoms with Crippen molar-refractivity contribution in [2.45, 2.75) is 11.7 Å². The molecule has 9 heteroatoms. The van der Waals surface area contributed by atoms with Crippen molar-refractivity contribution in [1.82, 2.24) is 10.2 Å². The molecule has 1 heterocycles. The van der Waals surface area contributed by atoms with Gasteiger partial charge in [-0.15, -0.1) is 0 Å². The van der Waals surface area contributed by atoms with E-state index in [9.17, 15) is 22.0 Å². The summed E-state index contributed by atoms with van der Waals surface area (Å²) in [6.45, 7) is 0.669. The van der Waals surface area contributed by atoms with E-state index < -0.39 is 26.7 Å². The molecule has 0 aromatic heterocycles. The zero-order valence-corrected chi connectivity index (χ0v) is 13.4.